The third kappa shape index (κ3) is 2.65. The zero-order valence-electron chi connectivity index (χ0n) is 10.9. The topological polar surface area (TPSA) is 6.02 Å². The minimum absolute atomic E-state index is 1.08. The molecule has 0 amide bonds. The van der Waals surface area contributed by atoms with Crippen LogP contribution in [0.15, 0.2) is 24.3 Å². The Labute approximate surface area is 104 Å². The molecule has 0 saturated carbocycles. The van der Waals surface area contributed by atoms with E-state index in [1.807, 2.05) is 0 Å². The minimum Gasteiger partial charge on any atom is -0.0871 e. The maximum Gasteiger partial charge on any atom is 0.489 e. The molecule has 0 radical (unpaired) electrons. The van der Waals surface area contributed by atoms with Crippen LogP contribution in [0.5, 0.6) is 0 Å². The number of unbranched alkanes of at least 4 members (excludes halogenated alkanes) is 2. The highest BCUT2D eigenvalue weighted by molar-refractivity contribution is 5.58. The van der Waals surface area contributed by atoms with Crippen molar-refractivity contribution in [2.75, 3.05) is 13.1 Å². The van der Waals surface area contributed by atoms with Gasteiger partial charge in [-0.25, -0.2) is 0 Å². The summed E-state index contributed by atoms with van der Waals surface area (Å²) < 4.78 is 4.54. The van der Waals surface area contributed by atoms with Crippen LogP contribution in [0.25, 0.3) is 0 Å². The predicted molar refractivity (Wildman–Crippen MR) is 70.8 cm³/mol. The van der Waals surface area contributed by atoms with Crippen LogP contribution < -0.4 is 0 Å². The third-order valence-electron chi connectivity index (χ3n) is 3.18. The van der Waals surface area contributed by atoms with E-state index in [0.29, 0.717) is 0 Å². The van der Waals surface area contributed by atoms with E-state index in [4.69, 9.17) is 0 Å². The van der Waals surface area contributed by atoms with Gasteiger partial charge in [-0.3, -0.25) is 0 Å². The van der Waals surface area contributed by atoms with Crippen LogP contribution in [0.4, 0.5) is 11.4 Å². The van der Waals surface area contributed by atoms with Gasteiger partial charge in [-0.15, -0.1) is 0 Å². The van der Waals surface area contributed by atoms with E-state index >= 15 is 0 Å². The Morgan fingerprint density at radius 1 is 0.882 bits per heavy atom. The van der Waals surface area contributed by atoms with Gasteiger partial charge >= 0.3 is 6.01 Å². The van der Waals surface area contributed by atoms with Gasteiger partial charge in [-0.2, -0.15) is 0 Å². The van der Waals surface area contributed by atoms with Gasteiger partial charge in [0.15, 0.2) is 13.1 Å². The number of para-hydroxylation sites is 2. The molecule has 1 heterocycles. The largest absolute Gasteiger partial charge is 0.489 e. The van der Waals surface area contributed by atoms with Crippen molar-refractivity contribution in [3.63, 3.8) is 0 Å². The smallest absolute Gasteiger partial charge is 0.0871 e. The quantitative estimate of drug-likeness (QED) is 0.656. The molecule has 0 unspecified atom stereocenters. The standard InChI is InChI=1S/C15H22N2/c1-3-5-11-16-13-17(12-6-4-2)15-10-8-7-9-14(15)16/h7-10H,3-6,11-12H2,1-2H3/q+2. The van der Waals surface area contributed by atoms with Crippen molar-refractivity contribution in [2.24, 2.45) is 0 Å². The van der Waals surface area contributed by atoms with Crippen LogP contribution in [0.1, 0.15) is 39.5 Å². The summed E-state index contributed by atoms with van der Waals surface area (Å²) in [6.45, 7) is 6.62. The molecule has 0 aliphatic carbocycles. The molecule has 2 heteroatoms. The van der Waals surface area contributed by atoms with Gasteiger partial charge < -0.3 is 0 Å². The van der Waals surface area contributed by atoms with Gasteiger partial charge in [0.25, 0.3) is 11.4 Å². The lowest BCUT2D eigenvalue weighted by atomic mass is 10.2. The lowest BCUT2D eigenvalue weighted by molar-refractivity contribution is -0.468. The Morgan fingerprint density at radius 2 is 1.35 bits per heavy atom. The molecular formula is C15H22N2+2. The molecule has 1 aliphatic rings. The lowest BCUT2D eigenvalue weighted by Crippen LogP contribution is -2.05. The van der Waals surface area contributed by atoms with E-state index in [0.717, 1.165) is 13.1 Å². The van der Waals surface area contributed by atoms with Crippen LogP contribution in [0.3, 0.4) is 0 Å². The summed E-state index contributed by atoms with van der Waals surface area (Å²) >= 11 is 0. The molecule has 1 aliphatic heterocycles. The molecule has 0 saturated heterocycles. The summed E-state index contributed by atoms with van der Waals surface area (Å²) in [4.78, 5) is 0. The normalized spacial score (nSPS) is 13.3. The number of nitrogens with zero attached hydrogens (tertiary/aromatic N) is 2. The molecule has 17 heavy (non-hydrogen) atoms. The number of fused-ring (bicyclic) bond motifs is 1. The van der Waals surface area contributed by atoms with Crippen molar-refractivity contribution in [1.29, 1.82) is 0 Å². The number of rotatable bonds is 6. The third-order valence-corrected chi connectivity index (χ3v) is 3.18. The van der Waals surface area contributed by atoms with Crippen molar-refractivity contribution in [3.05, 3.63) is 24.3 Å². The predicted octanol–water partition coefficient (Wildman–Crippen LogP) is 3.76. The number of benzene rings is 1. The molecule has 0 fully saturated rings. The molecule has 2 nitrogen and oxygen atoms in total. The molecule has 0 spiro atoms. The molecule has 0 N–H and O–H groups in total. The Hall–Kier alpha value is -1.40. The van der Waals surface area contributed by atoms with Crippen LogP contribution in [-0.4, -0.2) is 28.2 Å². The first-order chi connectivity index (χ1) is 8.36. The van der Waals surface area contributed by atoms with E-state index in [9.17, 15) is 0 Å². The minimum atomic E-state index is 1.08. The summed E-state index contributed by atoms with van der Waals surface area (Å²) in [6, 6.07) is 12.1. The fourth-order valence-corrected chi connectivity index (χ4v) is 2.15. The van der Waals surface area contributed by atoms with Gasteiger partial charge in [-0.1, -0.05) is 48.0 Å². The molecule has 90 valence electrons. The van der Waals surface area contributed by atoms with E-state index in [-0.39, 0.29) is 0 Å². The van der Waals surface area contributed by atoms with Gasteiger partial charge in [0.2, 0.25) is 0 Å². The second-order valence-electron chi connectivity index (χ2n) is 4.60. The van der Waals surface area contributed by atoms with Crippen LogP contribution in [-0.2, 0) is 0 Å². The summed E-state index contributed by atoms with van der Waals surface area (Å²) in [5.41, 5.74) is 2.63. The van der Waals surface area contributed by atoms with Crippen molar-refractivity contribution in [2.45, 2.75) is 39.5 Å². The molecular weight excluding hydrogens is 208 g/mol. The zero-order chi connectivity index (χ0) is 12.1. The molecule has 2 rings (SSSR count). The molecule has 0 bridgehead atoms. The van der Waals surface area contributed by atoms with E-state index in [2.05, 4.69) is 53.3 Å². The second kappa shape index (κ2) is 5.79. The van der Waals surface area contributed by atoms with Gasteiger partial charge in [-0.05, 0) is 0 Å². The van der Waals surface area contributed by atoms with E-state index in [1.165, 1.54) is 37.1 Å². The summed E-state index contributed by atoms with van der Waals surface area (Å²) in [7, 11) is 0. The zero-order valence-corrected chi connectivity index (χ0v) is 10.9. The monoisotopic (exact) mass is 230 g/mol. The number of hydrogen-bond acceptors (Lipinski definition) is 0. The van der Waals surface area contributed by atoms with Crippen molar-refractivity contribution >= 4 is 17.4 Å². The van der Waals surface area contributed by atoms with Crippen LogP contribution in [0, 0.1) is 0 Å². The average molecular weight is 230 g/mol. The average Bonchev–Trinajstić information content (AvgIpc) is 2.72. The Morgan fingerprint density at radius 3 is 1.76 bits per heavy atom. The number of hydrogen-bond donors (Lipinski definition) is 0. The van der Waals surface area contributed by atoms with E-state index in [1.54, 1.807) is 0 Å². The van der Waals surface area contributed by atoms with Crippen molar-refractivity contribution < 1.29 is 9.15 Å². The Kier molecular flexibility index (Phi) is 4.11. The maximum absolute atomic E-state index is 3.49. The highest BCUT2D eigenvalue weighted by Gasteiger charge is 2.31. The van der Waals surface area contributed by atoms with Crippen molar-refractivity contribution in [3.8, 4) is 0 Å². The highest BCUT2D eigenvalue weighted by atomic mass is 15.2. The first kappa shape index (κ1) is 12.1. The first-order valence-electron chi connectivity index (χ1n) is 6.77. The highest BCUT2D eigenvalue weighted by Crippen LogP contribution is 2.29. The lowest BCUT2D eigenvalue weighted by Gasteiger charge is -1.94. The van der Waals surface area contributed by atoms with E-state index < -0.39 is 0 Å². The van der Waals surface area contributed by atoms with Gasteiger partial charge in [0.1, 0.15) is 0 Å². The second-order valence-corrected chi connectivity index (χ2v) is 4.60. The van der Waals surface area contributed by atoms with Crippen LogP contribution in [0.2, 0.25) is 0 Å². The van der Waals surface area contributed by atoms with Gasteiger partial charge in [0.05, 0.1) is 0 Å². The summed E-state index contributed by atoms with van der Waals surface area (Å²) in [5, 5.41) is 0. The Balaban J connectivity index is 2.24. The Bertz CT molecular complexity index is 415. The molecule has 0 aromatic heterocycles. The van der Waals surface area contributed by atoms with Gasteiger partial charge in [0, 0.05) is 25.0 Å². The molecule has 1 aromatic carbocycles. The fourth-order valence-electron chi connectivity index (χ4n) is 2.15. The fraction of sp³-hybridized carbons (Fsp3) is 0.533. The van der Waals surface area contributed by atoms with Crippen LogP contribution >= 0.6 is 0 Å². The summed E-state index contributed by atoms with van der Waals surface area (Å²) in [5.74, 6) is 0. The summed E-state index contributed by atoms with van der Waals surface area (Å²) in [6.07, 6.45) is 4.91. The molecule has 0 atom stereocenters. The molecule has 1 aromatic rings. The maximum atomic E-state index is 3.49. The first-order valence-corrected chi connectivity index (χ1v) is 6.77. The SMILES string of the molecule is CCCC[N+]1=C=[N+](CCCC)c2ccccc21. The van der Waals surface area contributed by atoms with Crippen molar-refractivity contribution in [1.82, 2.24) is 0 Å².